The Kier molecular flexibility index (Phi) is 5.73. The molecule has 1 heterocycles. The first-order chi connectivity index (χ1) is 17.5. The first kappa shape index (κ1) is 25.4. The van der Waals surface area contributed by atoms with Crippen LogP contribution in [0.2, 0.25) is 5.02 Å². The lowest BCUT2D eigenvalue weighted by atomic mass is 9.39. The van der Waals surface area contributed by atoms with Crippen LogP contribution in [0.3, 0.4) is 0 Å². The van der Waals surface area contributed by atoms with Gasteiger partial charge in [-0.25, -0.2) is 0 Å². The summed E-state index contributed by atoms with van der Waals surface area (Å²) in [5, 5.41) is 24.6. The van der Waals surface area contributed by atoms with Crippen LogP contribution >= 0.6 is 11.6 Å². The standard InChI is InChI=1S/C30H36ClNO5/c1-27-11-10-22(34)12-19(27)6-9-23-24-13-20-16-32(15-18-4-7-21(31)8-5-18)37-30(20,26(36)17-33)28(24,2)14-25(35)29(23,27)3/h4-5,7-8,10-12,20,23-25,33,35H,6,9,13-17H2,1-3H3/t20-,23-,24-,25-,27-,28-,29+,30-/m0/s1. The van der Waals surface area contributed by atoms with Gasteiger partial charge in [-0.05, 0) is 67.4 Å². The molecular weight excluding hydrogens is 490 g/mol. The molecule has 1 aliphatic heterocycles. The number of ketones is 2. The molecule has 0 unspecified atom stereocenters. The van der Waals surface area contributed by atoms with Crippen LogP contribution in [0.15, 0.2) is 48.1 Å². The predicted molar refractivity (Wildman–Crippen MR) is 139 cm³/mol. The zero-order chi connectivity index (χ0) is 26.4. The number of aliphatic hydroxyl groups is 2. The summed E-state index contributed by atoms with van der Waals surface area (Å²) in [7, 11) is 0. The number of carbonyl (C=O) groups excluding carboxylic acids is 2. The minimum Gasteiger partial charge on any atom is -0.392 e. The van der Waals surface area contributed by atoms with Gasteiger partial charge in [-0.2, -0.15) is 5.06 Å². The number of hydroxylamine groups is 2. The molecule has 6 rings (SSSR count). The van der Waals surface area contributed by atoms with Gasteiger partial charge >= 0.3 is 0 Å². The monoisotopic (exact) mass is 525 g/mol. The highest BCUT2D eigenvalue weighted by Gasteiger charge is 2.77. The third-order valence-electron chi connectivity index (χ3n) is 11.3. The van der Waals surface area contributed by atoms with E-state index in [-0.39, 0.29) is 29.3 Å². The van der Waals surface area contributed by atoms with Crippen LogP contribution in [0, 0.1) is 34.0 Å². The van der Waals surface area contributed by atoms with Crippen molar-refractivity contribution in [2.75, 3.05) is 13.2 Å². The molecule has 3 saturated carbocycles. The molecule has 4 fully saturated rings. The van der Waals surface area contributed by atoms with Gasteiger partial charge in [-0.15, -0.1) is 0 Å². The van der Waals surface area contributed by atoms with Crippen LogP contribution in [-0.2, 0) is 21.0 Å². The van der Waals surface area contributed by atoms with E-state index in [9.17, 15) is 19.8 Å². The fraction of sp³-hybridized carbons (Fsp3) is 0.600. The Bertz CT molecular complexity index is 1210. The topological polar surface area (TPSA) is 87.1 Å². The van der Waals surface area contributed by atoms with Crippen LogP contribution in [0.25, 0.3) is 0 Å². The minimum atomic E-state index is -1.17. The molecule has 1 saturated heterocycles. The molecular formula is C30H36ClNO5. The van der Waals surface area contributed by atoms with Gasteiger partial charge in [-0.1, -0.05) is 56.2 Å². The maximum Gasteiger partial charge on any atom is 0.192 e. The van der Waals surface area contributed by atoms with Crippen molar-refractivity contribution < 1.29 is 24.6 Å². The Morgan fingerprint density at radius 3 is 2.62 bits per heavy atom. The number of fused-ring (bicyclic) bond motifs is 7. The summed E-state index contributed by atoms with van der Waals surface area (Å²) < 4.78 is 0. The summed E-state index contributed by atoms with van der Waals surface area (Å²) in [6.07, 6.45) is 7.62. The molecule has 1 aromatic rings. The van der Waals surface area contributed by atoms with Crippen molar-refractivity contribution in [2.24, 2.45) is 34.0 Å². The molecule has 4 aliphatic carbocycles. The number of allylic oxidation sites excluding steroid dienone is 4. The molecule has 0 amide bonds. The van der Waals surface area contributed by atoms with Gasteiger partial charge in [0.2, 0.25) is 0 Å². The second kappa shape index (κ2) is 8.33. The van der Waals surface area contributed by atoms with Crippen LogP contribution in [0.5, 0.6) is 0 Å². The van der Waals surface area contributed by atoms with Crippen LogP contribution in [0.4, 0.5) is 0 Å². The van der Waals surface area contributed by atoms with Crippen molar-refractivity contribution in [3.63, 3.8) is 0 Å². The van der Waals surface area contributed by atoms with Gasteiger partial charge in [0.15, 0.2) is 17.2 Å². The maximum absolute atomic E-state index is 13.6. The number of halogens is 1. The van der Waals surface area contributed by atoms with Gasteiger partial charge < -0.3 is 10.2 Å². The fourth-order valence-corrected chi connectivity index (χ4v) is 9.39. The van der Waals surface area contributed by atoms with Crippen molar-refractivity contribution in [1.29, 1.82) is 0 Å². The molecule has 1 aromatic carbocycles. The molecule has 7 heteroatoms. The molecule has 0 bridgehead atoms. The smallest absolute Gasteiger partial charge is 0.192 e. The summed E-state index contributed by atoms with van der Waals surface area (Å²) >= 11 is 6.06. The summed E-state index contributed by atoms with van der Waals surface area (Å²) in [4.78, 5) is 32.5. The van der Waals surface area contributed by atoms with Crippen molar-refractivity contribution in [3.05, 3.63) is 58.7 Å². The average Bonchev–Trinajstić information content (AvgIpc) is 3.34. The number of hydrogen-bond donors (Lipinski definition) is 2. The highest BCUT2D eigenvalue weighted by Crippen LogP contribution is 2.74. The summed E-state index contributed by atoms with van der Waals surface area (Å²) in [5.41, 5.74) is -0.544. The van der Waals surface area contributed by atoms with Crippen LogP contribution in [-0.4, -0.2) is 51.7 Å². The molecule has 5 aliphatic rings. The molecule has 6 nitrogen and oxygen atoms in total. The number of nitrogens with zero attached hydrogens (tertiary/aromatic N) is 1. The number of carbonyl (C=O) groups is 2. The number of Topliss-reactive ketones (excluding diaryl/α,β-unsaturated/α-hetero) is 1. The first-order valence-electron chi connectivity index (χ1n) is 13.4. The van der Waals surface area contributed by atoms with Crippen molar-refractivity contribution in [2.45, 2.75) is 64.7 Å². The Balaban J connectivity index is 1.37. The Morgan fingerprint density at radius 2 is 1.92 bits per heavy atom. The van der Waals surface area contributed by atoms with Crippen LogP contribution < -0.4 is 0 Å². The van der Waals surface area contributed by atoms with Gasteiger partial charge in [0, 0.05) is 40.3 Å². The van der Waals surface area contributed by atoms with E-state index < -0.39 is 34.6 Å². The third-order valence-corrected chi connectivity index (χ3v) is 11.5. The van der Waals surface area contributed by atoms with E-state index in [0.717, 1.165) is 30.4 Å². The second-order valence-corrected chi connectivity index (χ2v) is 13.0. The minimum absolute atomic E-state index is 0.0155. The van der Waals surface area contributed by atoms with E-state index >= 15 is 0 Å². The van der Waals surface area contributed by atoms with Gasteiger partial charge in [0.1, 0.15) is 6.61 Å². The lowest BCUT2D eigenvalue weighted by molar-refractivity contribution is -0.264. The van der Waals surface area contributed by atoms with E-state index in [1.165, 1.54) is 0 Å². The number of aliphatic hydroxyl groups excluding tert-OH is 2. The zero-order valence-electron chi connectivity index (χ0n) is 21.7. The Hall–Kier alpha value is -1.83. The zero-order valence-corrected chi connectivity index (χ0v) is 22.5. The molecule has 37 heavy (non-hydrogen) atoms. The Labute approximate surface area is 223 Å². The predicted octanol–water partition coefficient (Wildman–Crippen LogP) is 4.28. The van der Waals surface area contributed by atoms with E-state index in [1.54, 1.807) is 12.2 Å². The lowest BCUT2D eigenvalue weighted by Gasteiger charge is -2.65. The summed E-state index contributed by atoms with van der Waals surface area (Å²) in [6, 6.07) is 7.60. The van der Waals surface area contributed by atoms with E-state index in [2.05, 4.69) is 20.8 Å². The quantitative estimate of drug-likeness (QED) is 0.610. The normalized spacial score (nSPS) is 44.6. The SMILES string of the molecule is C[C@]12[C@@H](O)C[C@@]3(C)[C@@H](C[C@H]4CN(Cc5ccc(Cl)cc5)O[C@]43C(=O)CO)[C@@H]1CCC1=CC(=O)C=C[C@@]12C. The highest BCUT2D eigenvalue weighted by atomic mass is 35.5. The number of hydrogen-bond acceptors (Lipinski definition) is 6. The van der Waals surface area contributed by atoms with Crippen molar-refractivity contribution in [1.82, 2.24) is 5.06 Å². The van der Waals surface area contributed by atoms with Crippen molar-refractivity contribution >= 4 is 23.2 Å². The Morgan fingerprint density at radius 1 is 1.19 bits per heavy atom. The molecule has 0 radical (unpaired) electrons. The van der Waals surface area contributed by atoms with E-state index in [0.29, 0.717) is 24.5 Å². The highest BCUT2D eigenvalue weighted by molar-refractivity contribution is 6.30. The van der Waals surface area contributed by atoms with Crippen LogP contribution in [0.1, 0.15) is 52.0 Å². The largest absolute Gasteiger partial charge is 0.392 e. The molecule has 2 N–H and O–H groups in total. The second-order valence-electron chi connectivity index (χ2n) is 12.6. The molecule has 8 atom stereocenters. The molecule has 0 spiro atoms. The fourth-order valence-electron chi connectivity index (χ4n) is 9.26. The first-order valence-corrected chi connectivity index (χ1v) is 13.8. The molecule has 0 aromatic heterocycles. The van der Waals surface area contributed by atoms with Gasteiger partial charge in [-0.3, -0.25) is 14.4 Å². The van der Waals surface area contributed by atoms with E-state index in [4.69, 9.17) is 16.4 Å². The van der Waals surface area contributed by atoms with E-state index in [1.807, 2.05) is 35.4 Å². The maximum atomic E-state index is 13.6. The number of benzene rings is 1. The van der Waals surface area contributed by atoms with Crippen molar-refractivity contribution in [3.8, 4) is 0 Å². The lowest BCUT2D eigenvalue weighted by Crippen LogP contribution is -2.66. The molecule has 198 valence electrons. The average molecular weight is 526 g/mol. The third kappa shape index (κ3) is 3.20. The summed E-state index contributed by atoms with van der Waals surface area (Å²) in [5.74, 6) is -0.0337. The van der Waals surface area contributed by atoms with Gasteiger partial charge in [0.05, 0.1) is 6.10 Å². The van der Waals surface area contributed by atoms with Gasteiger partial charge in [0.25, 0.3) is 0 Å². The summed E-state index contributed by atoms with van der Waals surface area (Å²) in [6.45, 7) is 6.97. The number of rotatable bonds is 4.